The number of carbonyl (C=O) groups excluding carboxylic acids is 1. The molecule has 1 aromatic carbocycles. The third-order valence-electron chi connectivity index (χ3n) is 1.90. The summed E-state index contributed by atoms with van der Waals surface area (Å²) in [7, 11) is 1.56. The van der Waals surface area contributed by atoms with E-state index in [4.69, 9.17) is 9.84 Å². The van der Waals surface area contributed by atoms with Crippen LogP contribution in [0.1, 0.15) is 12.5 Å². The monoisotopic (exact) mass is 222 g/mol. The van der Waals surface area contributed by atoms with E-state index in [9.17, 15) is 4.79 Å². The van der Waals surface area contributed by atoms with Crippen LogP contribution in [0.5, 0.6) is 5.75 Å². The number of methoxy groups -OCH3 is 1. The Labute approximate surface area is 93.7 Å². The van der Waals surface area contributed by atoms with E-state index < -0.39 is 12.0 Å². The zero-order chi connectivity index (χ0) is 12.0. The number of rotatable bonds is 4. The van der Waals surface area contributed by atoms with Crippen LogP contribution in [0, 0.1) is 0 Å². The van der Waals surface area contributed by atoms with E-state index in [0.717, 1.165) is 5.56 Å². The molecule has 1 unspecified atom stereocenters. The van der Waals surface area contributed by atoms with Gasteiger partial charge in [0.1, 0.15) is 11.9 Å². The summed E-state index contributed by atoms with van der Waals surface area (Å²) >= 11 is 0. The summed E-state index contributed by atoms with van der Waals surface area (Å²) in [6, 6.07) is 7.26. The molecular formula is C11H14N2O3. The number of aliphatic hydroxyl groups excluding tert-OH is 1. The molecule has 0 spiro atoms. The smallest absolute Gasteiger partial charge is 0.268 e. The van der Waals surface area contributed by atoms with Crippen molar-refractivity contribution in [3.8, 4) is 5.75 Å². The van der Waals surface area contributed by atoms with Crippen LogP contribution in [-0.2, 0) is 4.79 Å². The third-order valence-corrected chi connectivity index (χ3v) is 1.90. The van der Waals surface area contributed by atoms with Gasteiger partial charge >= 0.3 is 0 Å². The number of hydrazone groups is 1. The second kappa shape index (κ2) is 5.87. The summed E-state index contributed by atoms with van der Waals surface area (Å²) in [4.78, 5) is 11.0. The lowest BCUT2D eigenvalue weighted by molar-refractivity contribution is -0.128. The highest BCUT2D eigenvalue weighted by Crippen LogP contribution is 2.14. The van der Waals surface area contributed by atoms with Crippen molar-refractivity contribution in [3.63, 3.8) is 0 Å². The number of benzene rings is 1. The summed E-state index contributed by atoms with van der Waals surface area (Å²) < 4.78 is 5.10. The Hall–Kier alpha value is -1.88. The van der Waals surface area contributed by atoms with E-state index in [-0.39, 0.29) is 0 Å². The largest absolute Gasteiger partial charge is 0.496 e. The van der Waals surface area contributed by atoms with Crippen molar-refractivity contribution < 1.29 is 14.6 Å². The van der Waals surface area contributed by atoms with Gasteiger partial charge in [-0.1, -0.05) is 12.1 Å². The topological polar surface area (TPSA) is 70.9 Å². The van der Waals surface area contributed by atoms with Gasteiger partial charge in [-0.05, 0) is 19.1 Å². The number of hydrogen-bond acceptors (Lipinski definition) is 4. The average Bonchev–Trinajstić information content (AvgIpc) is 2.29. The van der Waals surface area contributed by atoms with Crippen molar-refractivity contribution in [2.45, 2.75) is 13.0 Å². The first-order valence-electron chi connectivity index (χ1n) is 4.79. The molecule has 0 saturated heterocycles. The molecule has 86 valence electrons. The highest BCUT2D eigenvalue weighted by molar-refractivity contribution is 5.86. The zero-order valence-corrected chi connectivity index (χ0v) is 9.18. The molecule has 2 N–H and O–H groups in total. The molecule has 1 amide bonds. The fourth-order valence-electron chi connectivity index (χ4n) is 1.03. The Bertz CT molecular complexity index is 389. The van der Waals surface area contributed by atoms with E-state index in [1.165, 1.54) is 13.1 Å². The molecule has 16 heavy (non-hydrogen) atoms. The second-order valence-corrected chi connectivity index (χ2v) is 3.15. The Balaban J connectivity index is 2.66. The Morgan fingerprint density at radius 2 is 2.25 bits per heavy atom. The van der Waals surface area contributed by atoms with Gasteiger partial charge in [0.2, 0.25) is 0 Å². The molecule has 0 aliphatic heterocycles. The average molecular weight is 222 g/mol. The Morgan fingerprint density at radius 3 is 2.88 bits per heavy atom. The van der Waals surface area contributed by atoms with Gasteiger partial charge in [-0.25, -0.2) is 5.43 Å². The van der Waals surface area contributed by atoms with Crippen molar-refractivity contribution in [2.24, 2.45) is 5.10 Å². The van der Waals surface area contributed by atoms with Crippen LogP contribution in [0.3, 0.4) is 0 Å². The van der Waals surface area contributed by atoms with Crippen LogP contribution in [0.4, 0.5) is 0 Å². The molecule has 0 aromatic heterocycles. The lowest BCUT2D eigenvalue weighted by Gasteiger charge is -2.03. The number of nitrogens with zero attached hydrogens (tertiary/aromatic N) is 1. The molecule has 1 atom stereocenters. The molecule has 5 heteroatoms. The highest BCUT2D eigenvalue weighted by atomic mass is 16.5. The third kappa shape index (κ3) is 3.36. The van der Waals surface area contributed by atoms with Crippen LogP contribution in [0.25, 0.3) is 0 Å². The quantitative estimate of drug-likeness (QED) is 0.576. The number of hydrogen-bond donors (Lipinski definition) is 2. The summed E-state index contributed by atoms with van der Waals surface area (Å²) in [6.07, 6.45) is 0.383. The molecule has 5 nitrogen and oxygen atoms in total. The maximum Gasteiger partial charge on any atom is 0.268 e. The lowest BCUT2D eigenvalue weighted by atomic mass is 10.2. The SMILES string of the molecule is COc1ccccc1/C=N/NC(=O)C(C)O. The number of aliphatic hydroxyl groups is 1. The van der Waals surface area contributed by atoms with Gasteiger partial charge in [-0.2, -0.15) is 5.10 Å². The van der Waals surface area contributed by atoms with Crippen LogP contribution in [0.15, 0.2) is 29.4 Å². The van der Waals surface area contributed by atoms with Crippen molar-refractivity contribution in [1.29, 1.82) is 0 Å². The maximum atomic E-state index is 11.0. The standard InChI is InChI=1S/C11H14N2O3/c1-8(14)11(15)13-12-7-9-5-3-4-6-10(9)16-2/h3-8,14H,1-2H3,(H,13,15)/b12-7+. The fourth-order valence-corrected chi connectivity index (χ4v) is 1.03. The van der Waals surface area contributed by atoms with Gasteiger partial charge < -0.3 is 9.84 Å². The van der Waals surface area contributed by atoms with Gasteiger partial charge in [-0.15, -0.1) is 0 Å². The number of amides is 1. The minimum absolute atomic E-state index is 0.550. The van der Waals surface area contributed by atoms with E-state index >= 15 is 0 Å². The second-order valence-electron chi connectivity index (χ2n) is 3.15. The fraction of sp³-hybridized carbons (Fsp3) is 0.273. The molecule has 0 aliphatic carbocycles. The van der Waals surface area contributed by atoms with Crippen LogP contribution in [0.2, 0.25) is 0 Å². The number of nitrogens with one attached hydrogen (secondary N) is 1. The Morgan fingerprint density at radius 1 is 1.56 bits per heavy atom. The molecule has 0 heterocycles. The van der Waals surface area contributed by atoms with Gasteiger partial charge in [-0.3, -0.25) is 4.79 Å². The van der Waals surface area contributed by atoms with Crippen LogP contribution in [-0.4, -0.2) is 30.4 Å². The number of para-hydroxylation sites is 1. The lowest BCUT2D eigenvalue weighted by Crippen LogP contribution is -2.28. The van der Waals surface area contributed by atoms with Crippen LogP contribution < -0.4 is 10.2 Å². The van der Waals surface area contributed by atoms with E-state index in [0.29, 0.717) is 5.75 Å². The minimum atomic E-state index is -1.07. The normalized spacial score (nSPS) is 12.4. The predicted molar refractivity (Wildman–Crippen MR) is 60.4 cm³/mol. The van der Waals surface area contributed by atoms with Gasteiger partial charge in [0, 0.05) is 5.56 Å². The number of carbonyl (C=O) groups is 1. The first-order valence-corrected chi connectivity index (χ1v) is 4.79. The van der Waals surface area contributed by atoms with Crippen molar-refractivity contribution in [3.05, 3.63) is 29.8 Å². The molecule has 0 fully saturated rings. The summed E-state index contributed by atoms with van der Waals surface area (Å²) in [5.41, 5.74) is 2.95. The van der Waals surface area contributed by atoms with Gasteiger partial charge in [0.15, 0.2) is 0 Å². The maximum absolute atomic E-state index is 11.0. The van der Waals surface area contributed by atoms with Gasteiger partial charge in [0.25, 0.3) is 5.91 Å². The summed E-state index contributed by atoms with van der Waals surface area (Å²) in [6.45, 7) is 1.37. The van der Waals surface area contributed by atoms with Crippen molar-refractivity contribution >= 4 is 12.1 Å². The molecule has 0 aliphatic rings. The first-order chi connectivity index (χ1) is 7.65. The van der Waals surface area contributed by atoms with E-state index in [1.807, 2.05) is 12.1 Å². The summed E-state index contributed by atoms with van der Waals surface area (Å²) in [5.74, 6) is 0.115. The molecule has 0 radical (unpaired) electrons. The zero-order valence-electron chi connectivity index (χ0n) is 9.18. The van der Waals surface area contributed by atoms with Gasteiger partial charge in [0.05, 0.1) is 13.3 Å². The van der Waals surface area contributed by atoms with E-state index in [1.54, 1.807) is 19.2 Å². The van der Waals surface area contributed by atoms with Crippen molar-refractivity contribution in [2.75, 3.05) is 7.11 Å². The first kappa shape index (κ1) is 12.2. The Kier molecular flexibility index (Phi) is 4.47. The van der Waals surface area contributed by atoms with E-state index in [2.05, 4.69) is 10.5 Å². The molecule has 0 bridgehead atoms. The summed E-state index contributed by atoms with van der Waals surface area (Å²) in [5, 5.41) is 12.6. The molecule has 0 saturated carbocycles. The van der Waals surface area contributed by atoms with Crippen LogP contribution >= 0.6 is 0 Å². The minimum Gasteiger partial charge on any atom is -0.496 e. The molecule has 1 rings (SSSR count). The molecule has 1 aromatic rings. The molecular weight excluding hydrogens is 208 g/mol. The highest BCUT2D eigenvalue weighted by Gasteiger charge is 2.06. The predicted octanol–water partition coefficient (Wildman–Crippen LogP) is 0.526. The number of ether oxygens (including phenoxy) is 1. The van der Waals surface area contributed by atoms with Crippen molar-refractivity contribution in [1.82, 2.24) is 5.43 Å².